The van der Waals surface area contributed by atoms with Crippen LogP contribution >= 0.6 is 0 Å². The highest BCUT2D eigenvalue weighted by atomic mass is 28.4. The summed E-state index contributed by atoms with van der Waals surface area (Å²) in [4.78, 5) is 15.0. The van der Waals surface area contributed by atoms with Crippen molar-refractivity contribution >= 4 is 14.3 Å². The van der Waals surface area contributed by atoms with Gasteiger partial charge < -0.3 is 14.1 Å². The zero-order chi connectivity index (χ0) is 21.0. The van der Waals surface area contributed by atoms with Crippen LogP contribution in [0.5, 0.6) is 0 Å². The number of nitrogens with zero attached hydrogens (tertiary/aromatic N) is 1. The lowest BCUT2D eigenvalue weighted by atomic mass is 9.64. The van der Waals surface area contributed by atoms with Crippen LogP contribution in [0.1, 0.15) is 53.4 Å². The van der Waals surface area contributed by atoms with Crippen molar-refractivity contribution in [2.45, 2.75) is 77.6 Å². The molecule has 27 heavy (non-hydrogen) atoms. The number of ether oxygens (including phenoxy) is 1. The van der Waals surface area contributed by atoms with Crippen molar-refractivity contribution in [1.82, 2.24) is 4.90 Å². The molecule has 0 aliphatic heterocycles. The first kappa shape index (κ1) is 24.0. The predicted molar refractivity (Wildman–Crippen MR) is 116 cm³/mol. The zero-order valence-corrected chi connectivity index (χ0v) is 20.0. The van der Waals surface area contributed by atoms with Crippen LogP contribution in [0.15, 0.2) is 24.5 Å². The monoisotopic (exact) mass is 395 g/mol. The van der Waals surface area contributed by atoms with Crippen molar-refractivity contribution in [1.29, 1.82) is 0 Å². The minimum atomic E-state index is -1.93. The van der Waals surface area contributed by atoms with E-state index in [0.717, 1.165) is 31.4 Å². The van der Waals surface area contributed by atoms with Crippen LogP contribution in [-0.2, 0) is 14.0 Å². The molecule has 0 heterocycles. The molecule has 156 valence electrons. The Kier molecular flexibility index (Phi) is 7.95. The molecule has 1 aliphatic carbocycles. The molecule has 5 heteroatoms. The molecule has 0 aromatic rings. The van der Waals surface area contributed by atoms with Crippen LogP contribution in [0, 0.1) is 11.3 Å². The molecule has 0 aromatic carbocycles. The Hall–Kier alpha value is -1.07. The van der Waals surface area contributed by atoms with E-state index in [4.69, 9.17) is 9.16 Å². The lowest BCUT2D eigenvalue weighted by molar-refractivity contribution is -0.160. The van der Waals surface area contributed by atoms with Gasteiger partial charge >= 0.3 is 5.97 Å². The molecule has 3 atom stereocenters. The van der Waals surface area contributed by atoms with E-state index in [2.05, 4.69) is 58.3 Å². The quantitative estimate of drug-likeness (QED) is 0.239. The number of allylic oxidation sites excluding steroid dienone is 2. The molecule has 0 saturated heterocycles. The molecule has 0 saturated carbocycles. The molecule has 0 bridgehead atoms. The second kappa shape index (κ2) is 8.95. The summed E-state index contributed by atoms with van der Waals surface area (Å²) >= 11 is 0. The maximum atomic E-state index is 12.9. The molecule has 0 fully saturated rings. The maximum Gasteiger partial charge on any atom is 0.313 e. The topological polar surface area (TPSA) is 38.8 Å². The van der Waals surface area contributed by atoms with E-state index in [1.165, 1.54) is 7.11 Å². The first-order valence-corrected chi connectivity index (χ1v) is 13.0. The first-order chi connectivity index (χ1) is 12.3. The highest BCUT2D eigenvalue weighted by molar-refractivity contribution is 6.74. The standard InChI is InChI=1S/C22H41NO3Si/c1-11-12-13-14-17-15-18(26-27(9,10)21(2,3)4)16-19(23(6)7)22(17,5)20(24)25-8/h11,16-17,19H,1,12-15H2,2-10H3/t17-,19-,22+/m1/s1. The summed E-state index contributed by atoms with van der Waals surface area (Å²) < 4.78 is 11.9. The molecule has 1 rings (SSSR count). The lowest BCUT2D eigenvalue weighted by Gasteiger charge is -2.48. The van der Waals surface area contributed by atoms with Crippen LogP contribution in [-0.4, -0.2) is 46.4 Å². The third-order valence-electron chi connectivity index (χ3n) is 6.59. The van der Waals surface area contributed by atoms with Gasteiger partial charge in [0.1, 0.15) is 0 Å². The Morgan fingerprint density at radius 1 is 1.41 bits per heavy atom. The molecule has 1 aliphatic rings. The molecule has 0 radical (unpaired) electrons. The lowest BCUT2D eigenvalue weighted by Crippen LogP contribution is -2.54. The van der Waals surface area contributed by atoms with Crippen LogP contribution in [0.25, 0.3) is 0 Å². The Balaban J connectivity index is 3.31. The van der Waals surface area contributed by atoms with Gasteiger partial charge in [0, 0.05) is 12.5 Å². The fraction of sp³-hybridized carbons (Fsp3) is 0.773. The van der Waals surface area contributed by atoms with E-state index < -0.39 is 13.7 Å². The third kappa shape index (κ3) is 5.26. The number of carbonyl (C=O) groups excluding carboxylic acids is 1. The molecular formula is C22H41NO3Si. The summed E-state index contributed by atoms with van der Waals surface area (Å²) in [7, 11) is 3.62. The summed E-state index contributed by atoms with van der Waals surface area (Å²) in [6, 6.07) is -0.0489. The Labute approximate surface area is 168 Å². The maximum absolute atomic E-state index is 12.9. The largest absolute Gasteiger partial charge is 0.547 e. The van der Waals surface area contributed by atoms with E-state index >= 15 is 0 Å². The molecule has 0 amide bonds. The van der Waals surface area contributed by atoms with Crippen LogP contribution in [0.3, 0.4) is 0 Å². The van der Waals surface area contributed by atoms with Gasteiger partial charge in [0.15, 0.2) is 0 Å². The molecular weight excluding hydrogens is 354 g/mol. The minimum absolute atomic E-state index is 0.0489. The van der Waals surface area contributed by atoms with Gasteiger partial charge in [0.25, 0.3) is 0 Å². The van der Waals surface area contributed by atoms with E-state index in [-0.39, 0.29) is 23.0 Å². The number of hydrogen-bond donors (Lipinski definition) is 0. The Morgan fingerprint density at radius 3 is 2.44 bits per heavy atom. The number of unbranched alkanes of at least 4 members (excludes halogenated alkanes) is 1. The second-order valence-corrected chi connectivity index (χ2v) is 14.5. The van der Waals surface area contributed by atoms with E-state index in [1.54, 1.807) is 0 Å². The summed E-state index contributed by atoms with van der Waals surface area (Å²) in [5.74, 6) is 1.10. The van der Waals surface area contributed by atoms with Gasteiger partial charge in [-0.25, -0.2) is 0 Å². The fourth-order valence-electron chi connectivity index (χ4n) is 3.77. The van der Waals surface area contributed by atoms with Crippen LogP contribution in [0.4, 0.5) is 0 Å². The molecule has 4 nitrogen and oxygen atoms in total. The van der Waals surface area contributed by atoms with E-state index in [9.17, 15) is 4.79 Å². The summed E-state index contributed by atoms with van der Waals surface area (Å²) in [5.41, 5.74) is -0.584. The van der Waals surface area contributed by atoms with Gasteiger partial charge in [0.05, 0.1) is 18.3 Å². The first-order valence-electron chi connectivity index (χ1n) is 10.1. The van der Waals surface area contributed by atoms with E-state index in [0.29, 0.717) is 0 Å². The highest BCUT2D eigenvalue weighted by Gasteiger charge is 2.52. The summed E-state index contributed by atoms with van der Waals surface area (Å²) in [5, 5.41) is 0.142. The number of hydrogen-bond acceptors (Lipinski definition) is 4. The van der Waals surface area contributed by atoms with Gasteiger partial charge in [-0.2, -0.15) is 0 Å². The van der Waals surface area contributed by atoms with E-state index in [1.807, 2.05) is 20.2 Å². The van der Waals surface area contributed by atoms with Crippen LogP contribution < -0.4 is 0 Å². The normalized spacial score (nSPS) is 26.5. The molecule has 0 N–H and O–H groups in total. The number of carbonyl (C=O) groups is 1. The third-order valence-corrected chi connectivity index (χ3v) is 11.0. The fourth-order valence-corrected chi connectivity index (χ4v) is 4.89. The SMILES string of the molecule is C=CCCC[C@@H]1CC(O[Si](C)(C)C(C)(C)C)=C[C@@H](N(C)C)[C@@]1(C)C(=O)OC. The second-order valence-electron chi connectivity index (χ2n) is 9.80. The van der Waals surface area contributed by atoms with Crippen molar-refractivity contribution < 1.29 is 14.0 Å². The molecule has 0 unspecified atom stereocenters. The van der Waals surface area contributed by atoms with Crippen LogP contribution in [0.2, 0.25) is 18.1 Å². The Bertz CT molecular complexity index is 562. The summed E-state index contributed by atoms with van der Waals surface area (Å²) in [6.45, 7) is 17.2. The number of rotatable bonds is 8. The number of methoxy groups -OCH3 is 1. The predicted octanol–water partition coefficient (Wildman–Crippen LogP) is 5.38. The van der Waals surface area contributed by atoms with Crippen molar-refractivity contribution in [2.75, 3.05) is 21.2 Å². The Morgan fingerprint density at radius 2 is 2.00 bits per heavy atom. The van der Waals surface area contributed by atoms with Crippen molar-refractivity contribution in [3.8, 4) is 0 Å². The van der Waals surface area contributed by atoms with Gasteiger partial charge in [-0.1, -0.05) is 26.8 Å². The average molecular weight is 396 g/mol. The average Bonchev–Trinajstić information content (AvgIpc) is 2.55. The van der Waals surface area contributed by atoms with Gasteiger partial charge in [-0.3, -0.25) is 4.79 Å². The summed E-state index contributed by atoms with van der Waals surface area (Å²) in [6.07, 6.45) is 7.85. The van der Waals surface area contributed by atoms with Crippen molar-refractivity contribution in [3.05, 3.63) is 24.5 Å². The minimum Gasteiger partial charge on any atom is -0.547 e. The van der Waals surface area contributed by atoms with Gasteiger partial charge in [-0.15, -0.1) is 6.58 Å². The zero-order valence-electron chi connectivity index (χ0n) is 19.0. The molecule has 0 spiro atoms. The number of esters is 1. The number of likely N-dealkylation sites (N-methyl/N-ethyl adjacent to an activating group) is 1. The highest BCUT2D eigenvalue weighted by Crippen LogP contribution is 2.48. The van der Waals surface area contributed by atoms with Crippen molar-refractivity contribution in [2.24, 2.45) is 11.3 Å². The van der Waals surface area contributed by atoms with Gasteiger partial charge in [-0.05, 0) is 70.4 Å². The van der Waals surface area contributed by atoms with Crippen molar-refractivity contribution in [3.63, 3.8) is 0 Å². The smallest absolute Gasteiger partial charge is 0.313 e. The molecule has 0 aromatic heterocycles. The van der Waals surface area contributed by atoms with Gasteiger partial charge in [0.2, 0.25) is 8.32 Å².